The van der Waals surface area contributed by atoms with E-state index in [-0.39, 0.29) is 17.7 Å². The number of piperidine rings is 1. The molecule has 0 saturated carbocycles. The van der Waals surface area contributed by atoms with E-state index in [9.17, 15) is 14.7 Å². The van der Waals surface area contributed by atoms with Gasteiger partial charge in [-0.2, -0.15) is 11.8 Å². The lowest BCUT2D eigenvalue weighted by atomic mass is 9.94. The Kier molecular flexibility index (Phi) is 10.2. The van der Waals surface area contributed by atoms with Crippen LogP contribution in [0, 0.1) is 0 Å². The Hall–Kier alpha value is -1.24. The number of rotatable bonds is 12. The summed E-state index contributed by atoms with van der Waals surface area (Å²) in [4.78, 5) is 24.9. The number of hydrogen-bond acceptors (Lipinski definition) is 4. The van der Waals surface area contributed by atoms with Crippen LogP contribution in [0.3, 0.4) is 0 Å². The van der Waals surface area contributed by atoms with Gasteiger partial charge in [0.15, 0.2) is 0 Å². The molecule has 5 nitrogen and oxygen atoms in total. The first-order chi connectivity index (χ1) is 13.5. The number of carbonyl (C=O) groups excluding carboxylic acids is 1. The molecule has 0 bridgehead atoms. The molecule has 1 aromatic rings. The predicted octanol–water partition coefficient (Wildman–Crippen LogP) is 4.00. The van der Waals surface area contributed by atoms with Gasteiger partial charge < -0.3 is 15.1 Å². The number of carboxylic acids is 1. The zero-order valence-corrected chi connectivity index (χ0v) is 17.8. The van der Waals surface area contributed by atoms with E-state index >= 15 is 0 Å². The van der Waals surface area contributed by atoms with E-state index in [2.05, 4.69) is 0 Å². The number of carboxylic acid groups (broad SMARTS) is 1. The van der Waals surface area contributed by atoms with Crippen LogP contribution >= 0.6 is 23.4 Å². The van der Waals surface area contributed by atoms with E-state index < -0.39 is 12.1 Å². The molecule has 1 aliphatic heterocycles. The summed E-state index contributed by atoms with van der Waals surface area (Å²) < 4.78 is 0. The largest absolute Gasteiger partial charge is 0.481 e. The highest BCUT2D eigenvalue weighted by molar-refractivity contribution is 7.99. The number of aliphatic hydroxyl groups excluding tert-OH is 1. The van der Waals surface area contributed by atoms with Crippen molar-refractivity contribution in [3.63, 3.8) is 0 Å². The van der Waals surface area contributed by atoms with Crippen LogP contribution in [0.2, 0.25) is 5.02 Å². The van der Waals surface area contributed by atoms with Gasteiger partial charge >= 0.3 is 5.97 Å². The lowest BCUT2D eigenvalue weighted by molar-refractivity contribution is -0.137. The minimum absolute atomic E-state index is 0.135. The maximum atomic E-state index is 12.4. The summed E-state index contributed by atoms with van der Waals surface area (Å²) in [5.41, 5.74) is 1.02. The molecule has 7 heteroatoms. The van der Waals surface area contributed by atoms with Gasteiger partial charge in [0.1, 0.15) is 0 Å². The van der Waals surface area contributed by atoms with Crippen molar-refractivity contribution in [3.8, 4) is 0 Å². The number of nitrogens with zero attached hydrogens (tertiary/aromatic N) is 1. The number of likely N-dealkylation sites (tertiary alicyclic amines) is 1. The van der Waals surface area contributed by atoms with Gasteiger partial charge in [0.05, 0.1) is 11.9 Å². The van der Waals surface area contributed by atoms with Crippen LogP contribution in [0.15, 0.2) is 24.3 Å². The number of carbonyl (C=O) groups is 2. The van der Waals surface area contributed by atoms with Gasteiger partial charge in [-0.05, 0) is 68.4 Å². The lowest BCUT2D eigenvalue weighted by Crippen LogP contribution is -2.44. The second-order valence-electron chi connectivity index (χ2n) is 7.35. The van der Waals surface area contributed by atoms with Crippen LogP contribution in [0.1, 0.15) is 50.5 Å². The molecule has 1 aromatic carbocycles. The molecule has 0 spiro atoms. The van der Waals surface area contributed by atoms with Crippen molar-refractivity contribution < 1.29 is 19.8 Å². The lowest BCUT2D eigenvalue weighted by Gasteiger charge is -2.36. The monoisotopic (exact) mass is 427 g/mol. The maximum absolute atomic E-state index is 12.4. The molecule has 2 rings (SSSR count). The summed E-state index contributed by atoms with van der Waals surface area (Å²) in [5, 5.41) is 19.7. The zero-order valence-electron chi connectivity index (χ0n) is 16.2. The average Bonchev–Trinajstić information content (AvgIpc) is 2.64. The summed E-state index contributed by atoms with van der Waals surface area (Å²) in [6.07, 6.45) is 5.91. The third kappa shape index (κ3) is 8.41. The SMILES string of the molecule is O=C(O)CSCCCCN1C(=O)CCC[C@@H]1CCC(O)Cc1cccc(Cl)c1. The number of unbranched alkanes of at least 4 members (excludes halogenated alkanes) is 1. The highest BCUT2D eigenvalue weighted by Crippen LogP contribution is 2.24. The Balaban J connectivity index is 1.74. The molecule has 2 N–H and O–H groups in total. The van der Waals surface area contributed by atoms with Gasteiger partial charge in [0.2, 0.25) is 5.91 Å². The second-order valence-corrected chi connectivity index (χ2v) is 8.89. The van der Waals surface area contributed by atoms with Crippen LogP contribution in [-0.4, -0.2) is 57.2 Å². The van der Waals surface area contributed by atoms with Gasteiger partial charge in [-0.1, -0.05) is 23.7 Å². The number of hydrogen-bond donors (Lipinski definition) is 2. The first-order valence-electron chi connectivity index (χ1n) is 9.97. The summed E-state index contributed by atoms with van der Waals surface area (Å²) in [7, 11) is 0. The molecule has 1 aliphatic rings. The molecule has 1 fully saturated rings. The van der Waals surface area contributed by atoms with Crippen LogP contribution in [0.4, 0.5) is 0 Å². The fraction of sp³-hybridized carbons (Fsp3) is 0.619. The van der Waals surface area contributed by atoms with Crippen molar-refractivity contribution in [3.05, 3.63) is 34.9 Å². The number of halogens is 1. The van der Waals surface area contributed by atoms with E-state index in [4.69, 9.17) is 16.7 Å². The number of aliphatic hydroxyl groups is 1. The van der Waals surface area contributed by atoms with E-state index in [0.717, 1.165) is 50.0 Å². The minimum atomic E-state index is -0.785. The quantitative estimate of drug-likeness (QED) is 0.493. The van der Waals surface area contributed by atoms with E-state index in [1.165, 1.54) is 11.8 Å². The summed E-state index contributed by atoms with van der Waals surface area (Å²) in [6.45, 7) is 0.724. The third-order valence-corrected chi connectivity index (χ3v) is 6.31. The number of amides is 1. The van der Waals surface area contributed by atoms with E-state index in [1.807, 2.05) is 29.2 Å². The molecule has 2 atom stereocenters. The highest BCUT2D eigenvalue weighted by atomic mass is 35.5. The van der Waals surface area contributed by atoms with Crippen LogP contribution in [-0.2, 0) is 16.0 Å². The van der Waals surface area contributed by atoms with Gasteiger partial charge in [0, 0.05) is 24.0 Å². The van der Waals surface area contributed by atoms with Crippen molar-refractivity contribution in [2.45, 2.75) is 63.5 Å². The van der Waals surface area contributed by atoms with Crippen molar-refractivity contribution >= 4 is 35.2 Å². The van der Waals surface area contributed by atoms with Gasteiger partial charge in [0.25, 0.3) is 0 Å². The Morgan fingerprint density at radius 2 is 2.18 bits per heavy atom. The fourth-order valence-electron chi connectivity index (χ4n) is 3.67. The Labute approximate surface area is 176 Å². The van der Waals surface area contributed by atoms with Crippen LogP contribution < -0.4 is 0 Å². The first kappa shape index (κ1) is 23.0. The first-order valence-corrected chi connectivity index (χ1v) is 11.5. The standard InChI is InChI=1S/C21H30ClNO4S/c22-17-6-3-5-16(13-17)14-19(24)10-9-18-7-4-8-20(25)23(18)11-1-2-12-28-15-21(26)27/h3,5-6,13,18-19,24H,1-2,4,7-12,14-15H2,(H,26,27)/t18-,19?/m1/s1. The summed E-state index contributed by atoms with van der Waals surface area (Å²) >= 11 is 7.42. The fourth-order valence-corrected chi connectivity index (χ4v) is 4.61. The zero-order chi connectivity index (χ0) is 20.4. The molecule has 1 unspecified atom stereocenters. The third-order valence-electron chi connectivity index (χ3n) is 5.05. The molecule has 0 radical (unpaired) electrons. The van der Waals surface area contributed by atoms with E-state index in [0.29, 0.717) is 24.3 Å². The topological polar surface area (TPSA) is 77.8 Å². The van der Waals surface area contributed by atoms with Crippen molar-refractivity contribution in [2.75, 3.05) is 18.1 Å². The molecule has 0 aliphatic carbocycles. The average molecular weight is 428 g/mol. The van der Waals surface area contributed by atoms with Gasteiger partial charge in [-0.3, -0.25) is 9.59 Å². The molecule has 28 heavy (non-hydrogen) atoms. The Bertz CT molecular complexity index is 643. The number of thioether (sulfide) groups is 1. The van der Waals surface area contributed by atoms with Crippen molar-refractivity contribution in [1.29, 1.82) is 0 Å². The molecule has 0 aromatic heterocycles. The second kappa shape index (κ2) is 12.3. The highest BCUT2D eigenvalue weighted by Gasteiger charge is 2.27. The Morgan fingerprint density at radius 1 is 1.36 bits per heavy atom. The smallest absolute Gasteiger partial charge is 0.313 e. The Morgan fingerprint density at radius 3 is 2.93 bits per heavy atom. The molecular weight excluding hydrogens is 398 g/mol. The molecule has 1 amide bonds. The number of benzene rings is 1. The normalized spacial score (nSPS) is 18.3. The van der Waals surface area contributed by atoms with Gasteiger partial charge in [-0.15, -0.1) is 0 Å². The minimum Gasteiger partial charge on any atom is -0.481 e. The van der Waals surface area contributed by atoms with Gasteiger partial charge in [-0.25, -0.2) is 0 Å². The van der Waals surface area contributed by atoms with Crippen LogP contribution in [0.25, 0.3) is 0 Å². The maximum Gasteiger partial charge on any atom is 0.313 e. The predicted molar refractivity (Wildman–Crippen MR) is 114 cm³/mol. The summed E-state index contributed by atoms with van der Waals surface area (Å²) in [5.74, 6) is 0.360. The number of aliphatic carboxylic acids is 1. The molecule has 1 heterocycles. The van der Waals surface area contributed by atoms with E-state index in [1.54, 1.807) is 0 Å². The summed E-state index contributed by atoms with van der Waals surface area (Å²) in [6, 6.07) is 7.75. The van der Waals surface area contributed by atoms with Crippen molar-refractivity contribution in [2.24, 2.45) is 0 Å². The molecular formula is C21H30ClNO4S. The molecule has 156 valence electrons. The van der Waals surface area contributed by atoms with Crippen LogP contribution in [0.5, 0.6) is 0 Å². The van der Waals surface area contributed by atoms with Crippen molar-refractivity contribution in [1.82, 2.24) is 4.90 Å². The molecule has 1 saturated heterocycles.